The van der Waals surface area contributed by atoms with E-state index >= 15 is 0 Å². The van der Waals surface area contributed by atoms with Crippen molar-refractivity contribution in [2.24, 2.45) is 5.10 Å². The molecule has 1 fully saturated rings. The quantitative estimate of drug-likeness (QED) is 0.355. The summed E-state index contributed by atoms with van der Waals surface area (Å²) in [6.45, 7) is 2.49. The van der Waals surface area contributed by atoms with Crippen molar-refractivity contribution in [1.29, 1.82) is 0 Å². The first-order chi connectivity index (χ1) is 16.7. The van der Waals surface area contributed by atoms with Gasteiger partial charge in [-0.05, 0) is 61.2 Å². The molecule has 1 aliphatic heterocycles. The number of hydrazone groups is 1. The fourth-order valence-corrected chi connectivity index (χ4v) is 4.37. The predicted octanol–water partition coefficient (Wildman–Crippen LogP) is 1.59. The van der Waals surface area contributed by atoms with Crippen LogP contribution < -0.4 is 19.8 Å². The summed E-state index contributed by atoms with van der Waals surface area (Å²) in [7, 11) is -3.67. The molecule has 10 nitrogen and oxygen atoms in total. The first kappa shape index (κ1) is 26.2. The van der Waals surface area contributed by atoms with Crippen LogP contribution >= 0.6 is 0 Å². The van der Waals surface area contributed by atoms with Crippen LogP contribution in [0.15, 0.2) is 53.6 Å². The third-order valence-electron chi connectivity index (χ3n) is 5.28. The number of carbonyl (C=O) groups excluding carboxylic acids is 2. The number of rotatable bonds is 11. The van der Waals surface area contributed by atoms with Gasteiger partial charge in [-0.15, -0.1) is 0 Å². The van der Waals surface area contributed by atoms with Gasteiger partial charge in [0.1, 0.15) is 12.3 Å². The second kappa shape index (κ2) is 12.3. The highest BCUT2D eigenvalue weighted by atomic mass is 32.2. The minimum absolute atomic E-state index is 0.0786. The summed E-state index contributed by atoms with van der Waals surface area (Å²) in [6, 6.07) is 13.7. The number of hydrogen-bond donors (Lipinski definition) is 2. The Labute approximate surface area is 205 Å². The number of carbonyl (C=O) groups is 2. The Balaban J connectivity index is 1.46. The number of anilines is 1. The Morgan fingerprint density at radius 3 is 2.57 bits per heavy atom. The van der Waals surface area contributed by atoms with Crippen LogP contribution in [0.5, 0.6) is 5.75 Å². The van der Waals surface area contributed by atoms with E-state index in [-0.39, 0.29) is 18.6 Å². The molecule has 188 valence electrons. The van der Waals surface area contributed by atoms with Crippen LogP contribution in [0.3, 0.4) is 0 Å². The topological polar surface area (TPSA) is 126 Å². The highest BCUT2D eigenvalue weighted by Gasteiger charge is 2.22. The molecule has 2 amide bonds. The molecule has 0 aromatic heterocycles. The smallest absolute Gasteiger partial charge is 0.260 e. The molecule has 3 rings (SSSR count). The minimum atomic E-state index is -3.67. The third-order valence-corrected chi connectivity index (χ3v) is 6.40. The predicted molar refractivity (Wildman–Crippen MR) is 133 cm³/mol. The molecule has 2 aromatic carbocycles. The van der Waals surface area contributed by atoms with Gasteiger partial charge in [-0.3, -0.25) is 13.9 Å². The average Bonchev–Trinajstić information content (AvgIpc) is 3.34. The molecule has 1 aliphatic rings. The molecule has 0 spiro atoms. The molecule has 0 unspecified atom stereocenters. The molecule has 2 N–H and O–H groups in total. The number of benzene rings is 2. The Morgan fingerprint density at radius 2 is 1.91 bits per heavy atom. The zero-order valence-corrected chi connectivity index (χ0v) is 20.6. The molecule has 1 saturated heterocycles. The summed E-state index contributed by atoms with van der Waals surface area (Å²) in [6.07, 6.45) is 4.52. The minimum Gasteiger partial charge on any atom is -0.484 e. The van der Waals surface area contributed by atoms with Gasteiger partial charge in [0.15, 0.2) is 6.61 Å². The molecular formula is C24H30N4O6S. The summed E-state index contributed by atoms with van der Waals surface area (Å²) >= 11 is 0. The van der Waals surface area contributed by atoms with Gasteiger partial charge in [-0.1, -0.05) is 18.2 Å². The lowest BCUT2D eigenvalue weighted by atomic mass is 10.2. The van der Waals surface area contributed by atoms with Crippen molar-refractivity contribution in [3.05, 3.63) is 59.7 Å². The van der Waals surface area contributed by atoms with E-state index in [1.54, 1.807) is 55.5 Å². The van der Waals surface area contributed by atoms with Crippen LogP contribution in [0.1, 0.15) is 24.0 Å². The van der Waals surface area contributed by atoms with Gasteiger partial charge in [0, 0.05) is 13.2 Å². The van der Waals surface area contributed by atoms with Crippen LogP contribution in [0, 0.1) is 6.92 Å². The van der Waals surface area contributed by atoms with Crippen molar-refractivity contribution >= 4 is 33.7 Å². The maximum absolute atomic E-state index is 12.3. The van der Waals surface area contributed by atoms with E-state index in [2.05, 4.69) is 15.8 Å². The zero-order valence-electron chi connectivity index (χ0n) is 19.8. The SMILES string of the molecule is Cc1ccccc1N(CC(=O)N/N=C\c1ccc(OCC(=O)NC[C@@H]2CCCO2)cc1)S(C)(=O)=O. The Kier molecular flexibility index (Phi) is 9.21. The standard InChI is InChI=1S/C24H30N4O6S/c1-18-6-3-4-8-22(18)28(35(2,31)32)16-23(29)27-26-14-19-9-11-20(12-10-19)34-17-24(30)25-15-21-7-5-13-33-21/h3-4,6,8-12,14,21H,5,7,13,15-17H2,1-2H3,(H,25,30)(H,27,29)/b26-14-/t21-/m0/s1. The molecule has 0 aliphatic carbocycles. The largest absolute Gasteiger partial charge is 0.484 e. The number of nitrogens with zero attached hydrogens (tertiary/aromatic N) is 2. The lowest BCUT2D eigenvalue weighted by Gasteiger charge is -2.23. The van der Waals surface area contributed by atoms with Gasteiger partial charge in [0.2, 0.25) is 10.0 Å². The van der Waals surface area contributed by atoms with Crippen molar-refractivity contribution in [3.8, 4) is 5.75 Å². The van der Waals surface area contributed by atoms with Gasteiger partial charge < -0.3 is 14.8 Å². The number of nitrogens with one attached hydrogen (secondary N) is 2. The maximum Gasteiger partial charge on any atom is 0.260 e. The third kappa shape index (κ3) is 8.37. The average molecular weight is 503 g/mol. The van der Waals surface area contributed by atoms with Crippen molar-refractivity contribution in [1.82, 2.24) is 10.7 Å². The fourth-order valence-electron chi connectivity index (χ4n) is 3.45. The summed E-state index contributed by atoms with van der Waals surface area (Å²) in [5, 5.41) is 6.69. The van der Waals surface area contributed by atoms with E-state index in [4.69, 9.17) is 9.47 Å². The van der Waals surface area contributed by atoms with E-state index < -0.39 is 22.5 Å². The van der Waals surface area contributed by atoms with E-state index in [1.165, 1.54) is 6.21 Å². The second-order valence-corrected chi connectivity index (χ2v) is 10.1. The van der Waals surface area contributed by atoms with Crippen LogP contribution in [0.25, 0.3) is 0 Å². The Morgan fingerprint density at radius 1 is 1.17 bits per heavy atom. The lowest BCUT2D eigenvalue weighted by molar-refractivity contribution is -0.123. The van der Waals surface area contributed by atoms with Crippen LogP contribution in [0.2, 0.25) is 0 Å². The van der Waals surface area contributed by atoms with Gasteiger partial charge in [0.05, 0.1) is 24.3 Å². The fraction of sp³-hybridized carbons (Fsp3) is 0.375. The van der Waals surface area contributed by atoms with Gasteiger partial charge in [-0.25, -0.2) is 13.8 Å². The highest BCUT2D eigenvalue weighted by molar-refractivity contribution is 7.92. The van der Waals surface area contributed by atoms with Gasteiger partial charge in [-0.2, -0.15) is 5.10 Å². The van der Waals surface area contributed by atoms with Crippen LogP contribution in [-0.4, -0.2) is 65.1 Å². The van der Waals surface area contributed by atoms with E-state index in [0.29, 0.717) is 23.5 Å². The van der Waals surface area contributed by atoms with E-state index in [0.717, 1.165) is 35.6 Å². The Hall–Kier alpha value is -3.44. The van der Waals surface area contributed by atoms with E-state index in [1.807, 2.05) is 0 Å². The second-order valence-electron chi connectivity index (χ2n) is 8.15. The van der Waals surface area contributed by atoms with Crippen molar-refractivity contribution in [2.45, 2.75) is 25.9 Å². The molecule has 1 heterocycles. The van der Waals surface area contributed by atoms with Gasteiger partial charge >= 0.3 is 0 Å². The summed E-state index contributed by atoms with van der Waals surface area (Å²) < 4.78 is 36.4. The van der Waals surface area contributed by atoms with Gasteiger partial charge in [0.25, 0.3) is 11.8 Å². The number of aryl methyl sites for hydroxylation is 1. The first-order valence-electron chi connectivity index (χ1n) is 11.2. The van der Waals surface area contributed by atoms with E-state index in [9.17, 15) is 18.0 Å². The molecule has 1 atom stereocenters. The number of sulfonamides is 1. The number of hydrogen-bond acceptors (Lipinski definition) is 7. The summed E-state index contributed by atoms with van der Waals surface area (Å²) in [4.78, 5) is 24.2. The first-order valence-corrected chi connectivity index (χ1v) is 13.0. The Bertz CT molecular complexity index is 1140. The maximum atomic E-state index is 12.3. The molecule has 35 heavy (non-hydrogen) atoms. The molecule has 0 bridgehead atoms. The molecule has 2 aromatic rings. The molecule has 0 radical (unpaired) electrons. The molecular weight excluding hydrogens is 472 g/mol. The lowest BCUT2D eigenvalue weighted by Crippen LogP contribution is -2.39. The van der Waals surface area contributed by atoms with Crippen molar-refractivity contribution in [3.63, 3.8) is 0 Å². The van der Waals surface area contributed by atoms with Crippen molar-refractivity contribution in [2.75, 3.05) is 36.9 Å². The van der Waals surface area contributed by atoms with Crippen LogP contribution in [0.4, 0.5) is 5.69 Å². The summed E-state index contributed by atoms with van der Waals surface area (Å²) in [5.74, 6) is -0.285. The molecule has 11 heteroatoms. The zero-order chi connectivity index (χ0) is 25.3. The number of amides is 2. The highest BCUT2D eigenvalue weighted by Crippen LogP contribution is 2.21. The molecule has 0 saturated carbocycles. The summed E-state index contributed by atoms with van der Waals surface area (Å²) in [5.41, 5.74) is 4.19. The number of ether oxygens (including phenoxy) is 2. The van der Waals surface area contributed by atoms with Crippen LogP contribution in [-0.2, 0) is 24.3 Å². The monoisotopic (exact) mass is 502 g/mol. The number of para-hydroxylation sites is 1. The normalized spacial score (nSPS) is 15.7. The van der Waals surface area contributed by atoms with Crippen molar-refractivity contribution < 1.29 is 27.5 Å².